The van der Waals surface area contributed by atoms with Crippen LogP contribution in [0.4, 0.5) is 5.82 Å². The van der Waals surface area contributed by atoms with Crippen molar-refractivity contribution < 1.29 is 0 Å². The third kappa shape index (κ3) is 2.42. The molecule has 0 aliphatic heterocycles. The van der Waals surface area contributed by atoms with E-state index in [1.165, 1.54) is 5.56 Å². The van der Waals surface area contributed by atoms with E-state index in [1.807, 2.05) is 19.2 Å². The van der Waals surface area contributed by atoms with Gasteiger partial charge in [0.15, 0.2) is 0 Å². The molecule has 0 fully saturated rings. The highest BCUT2D eigenvalue weighted by molar-refractivity contribution is 7.99. The molecule has 3 heteroatoms. The first-order chi connectivity index (χ1) is 5.22. The van der Waals surface area contributed by atoms with Crippen LogP contribution in [0.15, 0.2) is 12.1 Å². The van der Waals surface area contributed by atoms with Gasteiger partial charge >= 0.3 is 0 Å². The van der Waals surface area contributed by atoms with E-state index >= 15 is 0 Å². The maximum atomic E-state index is 4.29. The van der Waals surface area contributed by atoms with Crippen LogP contribution in [0, 0.1) is 13.8 Å². The van der Waals surface area contributed by atoms with E-state index < -0.39 is 0 Å². The minimum absolute atomic E-state index is 0.940. The molecule has 0 unspecified atom stereocenters. The van der Waals surface area contributed by atoms with Gasteiger partial charge in [0.2, 0.25) is 0 Å². The fraction of sp³-hybridized carbons (Fsp3) is 0.375. The SMILES string of the molecule is CSNc1cc(C)cc(C)n1. The van der Waals surface area contributed by atoms with Crippen LogP contribution in [0.25, 0.3) is 0 Å². The summed E-state index contributed by atoms with van der Waals surface area (Å²) in [6, 6.07) is 4.09. The van der Waals surface area contributed by atoms with Crippen LogP contribution in [0.3, 0.4) is 0 Å². The van der Waals surface area contributed by atoms with Crippen molar-refractivity contribution in [2.45, 2.75) is 13.8 Å². The molecule has 0 aromatic carbocycles. The van der Waals surface area contributed by atoms with Crippen molar-refractivity contribution in [3.63, 3.8) is 0 Å². The summed E-state index contributed by atoms with van der Waals surface area (Å²) in [7, 11) is 0. The summed E-state index contributed by atoms with van der Waals surface area (Å²) in [6.07, 6.45) is 1.99. The molecule has 0 radical (unpaired) electrons. The summed E-state index contributed by atoms with van der Waals surface area (Å²) in [6.45, 7) is 4.07. The Morgan fingerprint density at radius 1 is 1.36 bits per heavy atom. The maximum absolute atomic E-state index is 4.29. The molecule has 0 saturated heterocycles. The van der Waals surface area contributed by atoms with Crippen molar-refractivity contribution >= 4 is 17.8 Å². The van der Waals surface area contributed by atoms with Gasteiger partial charge in [0.25, 0.3) is 0 Å². The molecule has 0 atom stereocenters. The van der Waals surface area contributed by atoms with Gasteiger partial charge in [0, 0.05) is 11.9 Å². The molecule has 1 N–H and O–H groups in total. The second-order valence-electron chi connectivity index (χ2n) is 2.48. The third-order valence-electron chi connectivity index (χ3n) is 1.30. The van der Waals surface area contributed by atoms with E-state index in [2.05, 4.69) is 22.7 Å². The lowest BCUT2D eigenvalue weighted by atomic mass is 10.2. The van der Waals surface area contributed by atoms with Gasteiger partial charge in [-0.3, -0.25) is 0 Å². The van der Waals surface area contributed by atoms with Gasteiger partial charge in [-0.05, 0) is 31.5 Å². The summed E-state index contributed by atoms with van der Waals surface area (Å²) in [5.74, 6) is 0.940. The van der Waals surface area contributed by atoms with Crippen LogP contribution in [0.2, 0.25) is 0 Å². The monoisotopic (exact) mass is 168 g/mol. The molecule has 0 aliphatic rings. The van der Waals surface area contributed by atoms with Crippen LogP contribution < -0.4 is 4.72 Å². The normalized spacial score (nSPS) is 9.73. The first-order valence-corrected chi connectivity index (χ1v) is 4.69. The van der Waals surface area contributed by atoms with Gasteiger partial charge in [0.1, 0.15) is 5.82 Å². The topological polar surface area (TPSA) is 24.9 Å². The smallest absolute Gasteiger partial charge is 0.136 e. The minimum atomic E-state index is 0.940. The van der Waals surface area contributed by atoms with Gasteiger partial charge < -0.3 is 4.72 Å². The molecular weight excluding hydrogens is 156 g/mol. The lowest BCUT2D eigenvalue weighted by molar-refractivity contribution is 1.19. The standard InChI is InChI=1S/C8H12N2S/c1-6-4-7(2)9-8(5-6)10-11-3/h4-5H,1-3H3,(H,9,10). The van der Waals surface area contributed by atoms with Gasteiger partial charge in [-0.1, -0.05) is 11.9 Å². The first kappa shape index (κ1) is 8.40. The molecule has 1 aromatic heterocycles. The van der Waals surface area contributed by atoms with Crippen molar-refractivity contribution in [3.05, 3.63) is 23.4 Å². The summed E-state index contributed by atoms with van der Waals surface area (Å²) in [4.78, 5) is 4.29. The zero-order valence-electron chi connectivity index (χ0n) is 7.01. The van der Waals surface area contributed by atoms with Crippen LogP contribution >= 0.6 is 11.9 Å². The Balaban J connectivity index is 2.89. The Morgan fingerprint density at radius 2 is 2.09 bits per heavy atom. The van der Waals surface area contributed by atoms with E-state index in [9.17, 15) is 0 Å². The molecule has 1 aromatic rings. The molecule has 0 amide bonds. The Bertz CT molecular complexity index is 228. The highest BCUT2D eigenvalue weighted by Crippen LogP contribution is 2.11. The largest absolute Gasteiger partial charge is 0.315 e. The molecule has 2 nitrogen and oxygen atoms in total. The number of nitrogens with one attached hydrogen (secondary N) is 1. The van der Waals surface area contributed by atoms with Crippen molar-refractivity contribution in [2.24, 2.45) is 0 Å². The molecule has 0 aliphatic carbocycles. The fourth-order valence-corrected chi connectivity index (χ4v) is 1.31. The second kappa shape index (κ2) is 3.62. The van der Waals surface area contributed by atoms with Gasteiger partial charge in [-0.15, -0.1) is 0 Å². The lowest BCUT2D eigenvalue weighted by Crippen LogP contribution is -1.92. The molecular formula is C8H12N2S. The minimum Gasteiger partial charge on any atom is -0.315 e. The summed E-state index contributed by atoms with van der Waals surface area (Å²) in [5, 5.41) is 0. The lowest BCUT2D eigenvalue weighted by Gasteiger charge is -2.03. The van der Waals surface area contributed by atoms with Crippen LogP contribution in [-0.2, 0) is 0 Å². The highest BCUT2D eigenvalue weighted by Gasteiger charge is 1.94. The molecule has 0 spiro atoms. The molecule has 0 saturated carbocycles. The third-order valence-corrected chi connectivity index (χ3v) is 1.72. The highest BCUT2D eigenvalue weighted by atomic mass is 32.2. The Kier molecular flexibility index (Phi) is 2.76. The summed E-state index contributed by atoms with van der Waals surface area (Å²) < 4.78 is 3.09. The maximum Gasteiger partial charge on any atom is 0.136 e. The predicted molar refractivity (Wildman–Crippen MR) is 50.8 cm³/mol. The number of aromatic nitrogens is 1. The van der Waals surface area contributed by atoms with E-state index in [0.717, 1.165) is 11.5 Å². The number of anilines is 1. The van der Waals surface area contributed by atoms with Crippen molar-refractivity contribution in [1.29, 1.82) is 0 Å². The first-order valence-electron chi connectivity index (χ1n) is 3.46. The van der Waals surface area contributed by atoms with E-state index in [0.29, 0.717) is 0 Å². The van der Waals surface area contributed by atoms with Crippen molar-refractivity contribution in [3.8, 4) is 0 Å². The number of hydrogen-bond donors (Lipinski definition) is 1. The van der Waals surface area contributed by atoms with E-state index in [-0.39, 0.29) is 0 Å². The second-order valence-corrected chi connectivity index (χ2v) is 3.09. The Hall–Kier alpha value is -0.700. The van der Waals surface area contributed by atoms with Gasteiger partial charge in [-0.25, -0.2) is 4.98 Å². The molecule has 11 heavy (non-hydrogen) atoms. The summed E-state index contributed by atoms with van der Waals surface area (Å²) >= 11 is 1.56. The number of nitrogens with zero attached hydrogens (tertiary/aromatic N) is 1. The number of hydrogen-bond acceptors (Lipinski definition) is 3. The number of aryl methyl sites for hydroxylation is 2. The molecule has 60 valence electrons. The van der Waals surface area contributed by atoms with Gasteiger partial charge in [-0.2, -0.15) is 0 Å². The van der Waals surface area contributed by atoms with Gasteiger partial charge in [0.05, 0.1) is 0 Å². The van der Waals surface area contributed by atoms with Crippen LogP contribution in [0.1, 0.15) is 11.3 Å². The predicted octanol–water partition coefficient (Wildman–Crippen LogP) is 2.39. The summed E-state index contributed by atoms with van der Waals surface area (Å²) in [5.41, 5.74) is 2.30. The molecule has 1 rings (SSSR count). The molecule has 1 heterocycles. The van der Waals surface area contributed by atoms with Crippen LogP contribution in [0.5, 0.6) is 0 Å². The zero-order valence-corrected chi connectivity index (χ0v) is 7.83. The Labute approximate surface area is 71.6 Å². The quantitative estimate of drug-likeness (QED) is 0.686. The molecule has 0 bridgehead atoms. The van der Waals surface area contributed by atoms with E-state index in [4.69, 9.17) is 0 Å². The average molecular weight is 168 g/mol. The van der Waals surface area contributed by atoms with Crippen molar-refractivity contribution in [2.75, 3.05) is 11.0 Å². The van der Waals surface area contributed by atoms with Crippen molar-refractivity contribution in [1.82, 2.24) is 4.98 Å². The average Bonchev–Trinajstić information content (AvgIpc) is 1.85. The van der Waals surface area contributed by atoms with E-state index in [1.54, 1.807) is 11.9 Å². The number of pyridine rings is 1. The number of rotatable bonds is 2. The Morgan fingerprint density at radius 3 is 2.64 bits per heavy atom. The zero-order chi connectivity index (χ0) is 8.27. The van der Waals surface area contributed by atoms with Crippen LogP contribution in [-0.4, -0.2) is 11.2 Å². The fourth-order valence-electron chi connectivity index (χ4n) is 0.998.